The summed E-state index contributed by atoms with van der Waals surface area (Å²) in [5.74, 6) is 2.48. The van der Waals surface area contributed by atoms with Gasteiger partial charge >= 0.3 is 0 Å². The Balaban J connectivity index is 1.75. The van der Waals surface area contributed by atoms with Crippen LogP contribution in [0.3, 0.4) is 0 Å². The van der Waals surface area contributed by atoms with Crippen molar-refractivity contribution in [2.45, 2.75) is 13.5 Å². The summed E-state index contributed by atoms with van der Waals surface area (Å²) in [6.45, 7) is 2.29. The monoisotopic (exact) mass is 309 g/mol. The molecule has 0 unspecified atom stereocenters. The number of nitrogens with one attached hydrogen (secondary N) is 1. The van der Waals surface area contributed by atoms with Crippen LogP contribution in [0.4, 0.5) is 5.88 Å². The third-order valence-corrected chi connectivity index (χ3v) is 3.30. The molecule has 6 nitrogen and oxygen atoms in total. The average molecular weight is 309 g/mol. The van der Waals surface area contributed by atoms with Crippen molar-refractivity contribution in [3.63, 3.8) is 0 Å². The molecule has 2 heterocycles. The molecule has 2 aromatic heterocycles. The number of rotatable bonds is 5. The Hall–Kier alpha value is -3.20. The molecule has 0 radical (unpaired) electrons. The van der Waals surface area contributed by atoms with Gasteiger partial charge in [-0.3, -0.25) is 0 Å². The van der Waals surface area contributed by atoms with Gasteiger partial charge in [-0.05, 0) is 30.7 Å². The van der Waals surface area contributed by atoms with Crippen LogP contribution in [0.1, 0.15) is 17.0 Å². The van der Waals surface area contributed by atoms with Gasteiger partial charge in [0.05, 0.1) is 0 Å². The highest BCUT2D eigenvalue weighted by Crippen LogP contribution is 2.27. The number of hydrogen-bond acceptors (Lipinski definition) is 6. The van der Waals surface area contributed by atoms with Gasteiger partial charge in [0.25, 0.3) is 5.89 Å². The quantitative estimate of drug-likeness (QED) is 0.773. The van der Waals surface area contributed by atoms with Gasteiger partial charge in [0.1, 0.15) is 24.2 Å². The summed E-state index contributed by atoms with van der Waals surface area (Å²) in [6, 6.07) is 13.3. The van der Waals surface area contributed by atoms with E-state index in [-0.39, 0.29) is 11.6 Å². The molecule has 0 atom stereocenters. The van der Waals surface area contributed by atoms with E-state index < -0.39 is 0 Å². The van der Waals surface area contributed by atoms with Crippen LogP contribution < -0.4 is 10.1 Å². The van der Waals surface area contributed by atoms with E-state index in [1.165, 1.54) is 0 Å². The minimum atomic E-state index is 0.191. The zero-order valence-corrected chi connectivity index (χ0v) is 12.8. The fourth-order valence-corrected chi connectivity index (χ4v) is 2.11. The van der Waals surface area contributed by atoms with E-state index in [9.17, 15) is 0 Å². The molecule has 0 spiro atoms. The van der Waals surface area contributed by atoms with Gasteiger partial charge in [0.2, 0.25) is 11.6 Å². The first kappa shape index (κ1) is 14.7. The van der Waals surface area contributed by atoms with Crippen molar-refractivity contribution in [3.8, 4) is 23.5 Å². The van der Waals surface area contributed by atoms with E-state index in [1.54, 1.807) is 19.2 Å². The Morgan fingerprint density at radius 1 is 1.22 bits per heavy atom. The lowest BCUT2D eigenvalue weighted by molar-refractivity contribution is 0.269. The summed E-state index contributed by atoms with van der Waals surface area (Å²) in [5.41, 5.74) is 1.25. The number of furan rings is 1. The Bertz CT molecular complexity index is 858. The maximum Gasteiger partial charge on any atom is 0.266 e. The number of para-hydroxylation sites is 1. The number of oxazole rings is 1. The number of anilines is 1. The van der Waals surface area contributed by atoms with Crippen LogP contribution in [0.15, 0.2) is 45.2 Å². The molecular formula is C17H15N3O3. The number of aryl methyl sites for hydroxylation is 1. The van der Waals surface area contributed by atoms with E-state index in [0.29, 0.717) is 24.0 Å². The lowest BCUT2D eigenvalue weighted by atomic mass is 10.2. The van der Waals surface area contributed by atoms with Gasteiger partial charge in [0, 0.05) is 7.05 Å². The highest BCUT2D eigenvalue weighted by Gasteiger charge is 2.16. The molecule has 0 aliphatic carbocycles. The van der Waals surface area contributed by atoms with E-state index in [4.69, 9.17) is 18.8 Å². The molecule has 0 fully saturated rings. The van der Waals surface area contributed by atoms with E-state index >= 15 is 0 Å². The standard InChI is InChI=1S/C17H15N3O3/c1-11-5-3-4-6-14(11)21-10-12-7-8-15(22-12)17-20-13(9-18)16(19-2)23-17/h3-8,19H,10H2,1-2H3. The Labute approximate surface area is 133 Å². The predicted molar refractivity (Wildman–Crippen MR) is 84.0 cm³/mol. The van der Waals surface area contributed by atoms with Crippen LogP contribution in [0.25, 0.3) is 11.7 Å². The van der Waals surface area contributed by atoms with Crippen molar-refractivity contribution in [2.24, 2.45) is 0 Å². The zero-order valence-electron chi connectivity index (χ0n) is 12.8. The van der Waals surface area contributed by atoms with Crippen molar-refractivity contribution in [3.05, 3.63) is 53.4 Å². The molecule has 23 heavy (non-hydrogen) atoms. The summed E-state index contributed by atoms with van der Waals surface area (Å²) in [4.78, 5) is 4.09. The van der Waals surface area contributed by atoms with Crippen LogP contribution in [0, 0.1) is 18.3 Å². The third-order valence-electron chi connectivity index (χ3n) is 3.30. The maximum absolute atomic E-state index is 8.99. The minimum Gasteiger partial charge on any atom is -0.485 e. The second-order valence-electron chi connectivity index (χ2n) is 4.88. The normalized spacial score (nSPS) is 10.3. The SMILES string of the molecule is CNc1oc(-c2ccc(COc3ccccc3C)o2)nc1C#N. The summed E-state index contributed by atoms with van der Waals surface area (Å²) in [5, 5.41) is 11.8. The van der Waals surface area contributed by atoms with Crippen molar-refractivity contribution < 1.29 is 13.6 Å². The van der Waals surface area contributed by atoms with Crippen LogP contribution in [0.5, 0.6) is 5.75 Å². The van der Waals surface area contributed by atoms with Gasteiger partial charge in [-0.1, -0.05) is 18.2 Å². The molecule has 0 aliphatic rings. The highest BCUT2D eigenvalue weighted by atomic mass is 16.5. The first-order valence-corrected chi connectivity index (χ1v) is 7.07. The fourth-order valence-electron chi connectivity index (χ4n) is 2.11. The van der Waals surface area contributed by atoms with Crippen LogP contribution in [-0.2, 0) is 6.61 Å². The van der Waals surface area contributed by atoms with Crippen LogP contribution in [0.2, 0.25) is 0 Å². The topological polar surface area (TPSA) is 84.2 Å². The van der Waals surface area contributed by atoms with E-state index in [2.05, 4.69) is 10.3 Å². The highest BCUT2D eigenvalue weighted by molar-refractivity contribution is 5.54. The predicted octanol–water partition coefficient (Wildman–Crippen LogP) is 3.74. The largest absolute Gasteiger partial charge is 0.485 e. The molecule has 1 N–H and O–H groups in total. The average Bonchev–Trinajstić information content (AvgIpc) is 3.20. The Morgan fingerprint density at radius 3 is 2.74 bits per heavy atom. The number of ether oxygens (including phenoxy) is 1. The molecule has 1 aromatic carbocycles. The molecule has 3 aromatic rings. The summed E-state index contributed by atoms with van der Waals surface area (Å²) in [7, 11) is 1.66. The second-order valence-corrected chi connectivity index (χ2v) is 4.88. The zero-order chi connectivity index (χ0) is 16.2. The smallest absolute Gasteiger partial charge is 0.266 e. The maximum atomic E-state index is 8.99. The van der Waals surface area contributed by atoms with Gasteiger partial charge in [-0.15, -0.1) is 0 Å². The minimum absolute atomic E-state index is 0.191. The van der Waals surface area contributed by atoms with Gasteiger partial charge in [0.15, 0.2) is 5.76 Å². The third kappa shape index (κ3) is 3.04. The summed E-state index contributed by atoms with van der Waals surface area (Å²) in [6.07, 6.45) is 0. The number of nitrogens with zero attached hydrogens (tertiary/aromatic N) is 2. The molecule has 0 aliphatic heterocycles. The first-order valence-electron chi connectivity index (χ1n) is 7.07. The number of benzene rings is 1. The molecular weight excluding hydrogens is 294 g/mol. The molecule has 0 saturated carbocycles. The summed E-state index contributed by atoms with van der Waals surface area (Å²) < 4.78 is 16.9. The summed E-state index contributed by atoms with van der Waals surface area (Å²) >= 11 is 0. The van der Waals surface area contributed by atoms with Gasteiger partial charge in [-0.2, -0.15) is 10.2 Å². The Morgan fingerprint density at radius 2 is 2.04 bits per heavy atom. The first-order chi connectivity index (χ1) is 11.2. The fraction of sp³-hybridized carbons (Fsp3) is 0.176. The molecule has 0 bridgehead atoms. The van der Waals surface area contributed by atoms with Crippen molar-refractivity contribution in [1.29, 1.82) is 5.26 Å². The van der Waals surface area contributed by atoms with Crippen LogP contribution >= 0.6 is 0 Å². The number of aromatic nitrogens is 1. The number of nitriles is 1. The van der Waals surface area contributed by atoms with Gasteiger partial charge < -0.3 is 18.9 Å². The Kier molecular flexibility index (Phi) is 4.02. The molecule has 6 heteroatoms. The van der Waals surface area contributed by atoms with E-state index in [1.807, 2.05) is 37.3 Å². The lowest BCUT2D eigenvalue weighted by Crippen LogP contribution is -1.95. The molecule has 116 valence electrons. The van der Waals surface area contributed by atoms with Gasteiger partial charge in [-0.25, -0.2) is 0 Å². The molecule has 3 rings (SSSR count). The van der Waals surface area contributed by atoms with Crippen molar-refractivity contribution >= 4 is 5.88 Å². The van der Waals surface area contributed by atoms with Crippen molar-refractivity contribution in [1.82, 2.24) is 4.98 Å². The second kappa shape index (κ2) is 6.28. The molecule has 0 amide bonds. The van der Waals surface area contributed by atoms with Crippen molar-refractivity contribution in [2.75, 3.05) is 12.4 Å². The lowest BCUT2D eigenvalue weighted by Gasteiger charge is -2.06. The molecule has 0 saturated heterocycles. The van der Waals surface area contributed by atoms with E-state index in [0.717, 1.165) is 11.3 Å². The van der Waals surface area contributed by atoms with Crippen LogP contribution in [-0.4, -0.2) is 12.0 Å². The number of hydrogen-bond donors (Lipinski definition) is 1.